The fraction of sp³-hybridized carbons (Fsp3) is 0.304. The lowest BCUT2D eigenvalue weighted by molar-refractivity contribution is -0.137. The van der Waals surface area contributed by atoms with E-state index in [1.165, 1.54) is 53.8 Å². The highest BCUT2D eigenvalue weighted by Gasteiger charge is 2.25. The van der Waals surface area contributed by atoms with Crippen molar-refractivity contribution < 1.29 is 38.0 Å². The maximum Gasteiger partial charge on any atom is 0.342 e. The largest absolute Gasteiger partial charge is 0.493 e. The van der Waals surface area contributed by atoms with Gasteiger partial charge in [0.05, 0.1) is 42.2 Å². The number of carbonyl (C=O) groups excluding carboxylic acids is 2. The van der Waals surface area contributed by atoms with E-state index in [0.717, 1.165) is 0 Å². The number of hydrogen-bond donors (Lipinski definition) is 0. The molecule has 0 aliphatic rings. The first-order valence-electron chi connectivity index (χ1n) is 9.39. The van der Waals surface area contributed by atoms with E-state index >= 15 is 0 Å². The maximum atomic E-state index is 13.3. The summed E-state index contributed by atoms with van der Waals surface area (Å²) in [7, 11) is 7.36. The lowest BCUT2D eigenvalue weighted by Gasteiger charge is -2.14. The highest BCUT2D eigenvalue weighted by molar-refractivity contribution is 6.27. The summed E-state index contributed by atoms with van der Waals surface area (Å²) >= 11 is 0. The molecule has 2 aromatic carbocycles. The van der Waals surface area contributed by atoms with Gasteiger partial charge in [-0.2, -0.15) is 0 Å². The highest BCUT2D eigenvalue weighted by Crippen LogP contribution is 2.39. The average molecular weight is 430 g/mol. The second kappa shape index (κ2) is 10.9. The molecule has 0 unspecified atom stereocenters. The van der Waals surface area contributed by atoms with Crippen LogP contribution in [0.4, 0.5) is 0 Å². The van der Waals surface area contributed by atoms with Crippen molar-refractivity contribution in [2.45, 2.75) is 6.92 Å². The van der Waals surface area contributed by atoms with Crippen LogP contribution in [0.15, 0.2) is 35.9 Å². The van der Waals surface area contributed by atoms with Crippen LogP contribution in [-0.4, -0.2) is 53.9 Å². The van der Waals surface area contributed by atoms with Crippen LogP contribution in [0.2, 0.25) is 0 Å². The summed E-state index contributed by atoms with van der Waals surface area (Å²) in [6, 6.07) is 7.98. The zero-order valence-electron chi connectivity index (χ0n) is 18.4. The number of esters is 1. The first-order chi connectivity index (χ1) is 14.9. The normalized spacial score (nSPS) is 10.8. The number of rotatable bonds is 10. The molecule has 0 heterocycles. The molecule has 0 saturated carbocycles. The monoisotopic (exact) mass is 430 g/mol. The Hall–Kier alpha value is -3.68. The summed E-state index contributed by atoms with van der Waals surface area (Å²) in [5.74, 6) is 0.582. The summed E-state index contributed by atoms with van der Waals surface area (Å²) in [6.45, 7) is 1.78. The summed E-state index contributed by atoms with van der Waals surface area (Å²) in [4.78, 5) is 25.9. The lowest BCUT2D eigenvalue weighted by atomic mass is 9.99. The number of carbonyl (C=O) groups is 2. The van der Waals surface area contributed by atoms with Gasteiger partial charge in [0, 0.05) is 5.56 Å². The Morgan fingerprint density at radius 1 is 0.774 bits per heavy atom. The fourth-order valence-electron chi connectivity index (χ4n) is 2.90. The van der Waals surface area contributed by atoms with Gasteiger partial charge in [0.2, 0.25) is 11.5 Å². The Bertz CT molecular complexity index is 953. The third-order valence-corrected chi connectivity index (χ3v) is 4.39. The minimum Gasteiger partial charge on any atom is -0.493 e. The van der Waals surface area contributed by atoms with Crippen LogP contribution in [0.3, 0.4) is 0 Å². The predicted molar refractivity (Wildman–Crippen MR) is 115 cm³/mol. The SMILES string of the molecule is CCOC(=O)/C(=C/c1ccc(OC)c(OC)c1)C(=O)c1cc(OC)c(OC)c(OC)c1. The van der Waals surface area contributed by atoms with Gasteiger partial charge in [-0.25, -0.2) is 4.79 Å². The first kappa shape index (κ1) is 23.6. The van der Waals surface area contributed by atoms with Gasteiger partial charge in [-0.3, -0.25) is 4.79 Å². The van der Waals surface area contributed by atoms with Crippen LogP contribution in [-0.2, 0) is 9.53 Å². The van der Waals surface area contributed by atoms with Crippen LogP contribution in [0, 0.1) is 0 Å². The third-order valence-electron chi connectivity index (χ3n) is 4.39. The zero-order valence-corrected chi connectivity index (χ0v) is 18.4. The molecule has 166 valence electrons. The summed E-state index contributed by atoms with van der Waals surface area (Å²) in [5.41, 5.74) is 0.569. The molecule has 0 aliphatic carbocycles. The molecule has 0 bridgehead atoms. The molecule has 0 radical (unpaired) electrons. The molecular weight excluding hydrogens is 404 g/mol. The van der Waals surface area contributed by atoms with Crippen LogP contribution in [0.25, 0.3) is 6.08 Å². The maximum absolute atomic E-state index is 13.3. The number of Topliss-reactive ketones (excluding diaryl/α,β-unsaturated/α-hetero) is 1. The summed E-state index contributed by atoms with van der Waals surface area (Å²) < 4.78 is 31.5. The van der Waals surface area contributed by atoms with Crippen LogP contribution < -0.4 is 23.7 Å². The molecule has 31 heavy (non-hydrogen) atoms. The van der Waals surface area contributed by atoms with Gasteiger partial charge in [-0.05, 0) is 42.8 Å². The van der Waals surface area contributed by atoms with Crippen molar-refractivity contribution in [2.24, 2.45) is 0 Å². The smallest absolute Gasteiger partial charge is 0.342 e. The molecule has 0 fully saturated rings. The molecular formula is C23H26O8. The second-order valence-electron chi connectivity index (χ2n) is 6.14. The van der Waals surface area contributed by atoms with E-state index in [4.69, 9.17) is 28.4 Å². The van der Waals surface area contributed by atoms with Crippen molar-refractivity contribution in [3.63, 3.8) is 0 Å². The molecule has 0 spiro atoms. The highest BCUT2D eigenvalue weighted by atomic mass is 16.5. The van der Waals surface area contributed by atoms with Gasteiger partial charge in [0.25, 0.3) is 0 Å². The molecule has 8 heteroatoms. The topological polar surface area (TPSA) is 89.5 Å². The van der Waals surface area contributed by atoms with E-state index < -0.39 is 11.8 Å². The minimum atomic E-state index is -0.754. The quantitative estimate of drug-likeness (QED) is 0.186. The predicted octanol–water partition coefficient (Wildman–Crippen LogP) is 3.56. The molecule has 0 saturated heterocycles. The zero-order chi connectivity index (χ0) is 23.0. The number of ether oxygens (including phenoxy) is 6. The molecule has 0 aromatic heterocycles. The van der Waals surface area contributed by atoms with E-state index in [9.17, 15) is 9.59 Å². The summed E-state index contributed by atoms with van der Waals surface area (Å²) in [6.07, 6.45) is 1.44. The Balaban J connectivity index is 2.60. The fourth-order valence-corrected chi connectivity index (χ4v) is 2.90. The minimum absolute atomic E-state index is 0.116. The van der Waals surface area contributed by atoms with E-state index in [2.05, 4.69) is 0 Å². The van der Waals surface area contributed by atoms with Crippen molar-refractivity contribution in [3.05, 3.63) is 47.0 Å². The molecule has 0 atom stereocenters. The first-order valence-corrected chi connectivity index (χ1v) is 9.39. The number of benzene rings is 2. The second-order valence-corrected chi connectivity index (χ2v) is 6.14. The van der Waals surface area contributed by atoms with Gasteiger partial charge in [0.15, 0.2) is 23.0 Å². The van der Waals surface area contributed by atoms with Gasteiger partial charge in [0.1, 0.15) is 5.57 Å². The molecule has 2 aromatic rings. The van der Waals surface area contributed by atoms with E-state index in [1.807, 2.05) is 0 Å². The van der Waals surface area contributed by atoms with Crippen LogP contribution in [0.5, 0.6) is 28.7 Å². The molecule has 2 rings (SSSR count). The molecule has 0 N–H and O–H groups in total. The number of hydrogen-bond acceptors (Lipinski definition) is 8. The van der Waals surface area contributed by atoms with Crippen molar-refractivity contribution in [1.29, 1.82) is 0 Å². The molecule has 8 nitrogen and oxygen atoms in total. The summed E-state index contributed by atoms with van der Waals surface area (Å²) in [5, 5.41) is 0. The van der Waals surface area contributed by atoms with Gasteiger partial charge in [-0.1, -0.05) is 6.07 Å². The standard InChI is InChI=1S/C23H26O8/c1-7-31-23(25)16(10-14-8-9-17(26-2)18(11-14)27-3)21(24)15-12-19(28-4)22(30-6)20(13-15)29-5/h8-13H,7H2,1-6H3/b16-10+. The third kappa shape index (κ3) is 5.28. The van der Waals surface area contributed by atoms with Crippen molar-refractivity contribution in [3.8, 4) is 28.7 Å². The van der Waals surface area contributed by atoms with E-state index in [-0.39, 0.29) is 17.7 Å². The Morgan fingerprint density at radius 2 is 1.35 bits per heavy atom. The Kier molecular flexibility index (Phi) is 8.31. The van der Waals surface area contributed by atoms with Gasteiger partial charge >= 0.3 is 5.97 Å². The van der Waals surface area contributed by atoms with Crippen LogP contribution >= 0.6 is 0 Å². The average Bonchev–Trinajstić information content (AvgIpc) is 2.80. The van der Waals surface area contributed by atoms with E-state index in [0.29, 0.717) is 34.3 Å². The van der Waals surface area contributed by atoms with Crippen molar-refractivity contribution >= 4 is 17.8 Å². The molecule has 0 aliphatic heterocycles. The number of ketones is 1. The van der Waals surface area contributed by atoms with Gasteiger partial charge < -0.3 is 28.4 Å². The van der Waals surface area contributed by atoms with Crippen molar-refractivity contribution in [1.82, 2.24) is 0 Å². The Morgan fingerprint density at radius 3 is 1.84 bits per heavy atom. The Labute approximate surface area is 181 Å². The van der Waals surface area contributed by atoms with Gasteiger partial charge in [-0.15, -0.1) is 0 Å². The van der Waals surface area contributed by atoms with Crippen LogP contribution in [0.1, 0.15) is 22.8 Å². The van der Waals surface area contributed by atoms with E-state index in [1.54, 1.807) is 25.1 Å². The molecule has 0 amide bonds. The van der Waals surface area contributed by atoms with Crippen molar-refractivity contribution in [2.75, 3.05) is 42.2 Å². The lowest BCUT2D eigenvalue weighted by Crippen LogP contribution is -2.16. The number of methoxy groups -OCH3 is 5.